The van der Waals surface area contributed by atoms with E-state index >= 15 is 0 Å². The Morgan fingerprint density at radius 3 is 2.52 bits per heavy atom. The normalized spacial score (nSPS) is 19.7. The van der Waals surface area contributed by atoms with Crippen molar-refractivity contribution in [3.05, 3.63) is 59.9 Å². The number of pyridine rings is 1. The number of aryl methyl sites for hydroxylation is 1. The summed E-state index contributed by atoms with van der Waals surface area (Å²) in [4.78, 5) is 23.0. The lowest BCUT2D eigenvalue weighted by Crippen LogP contribution is -2.42. The molecule has 0 N–H and O–H groups in total. The maximum Gasteiger partial charge on any atom is 0.254 e. The Morgan fingerprint density at radius 2 is 1.76 bits per heavy atom. The molecule has 4 nitrogen and oxygen atoms in total. The van der Waals surface area contributed by atoms with Crippen molar-refractivity contribution >= 4 is 17.7 Å². The van der Waals surface area contributed by atoms with Crippen molar-refractivity contribution in [2.24, 2.45) is 0 Å². The van der Waals surface area contributed by atoms with Crippen molar-refractivity contribution < 1.29 is 4.79 Å². The molecule has 1 atom stereocenters. The third-order valence-electron chi connectivity index (χ3n) is 6.03. The van der Waals surface area contributed by atoms with E-state index in [1.165, 1.54) is 36.4 Å². The summed E-state index contributed by atoms with van der Waals surface area (Å²) in [6, 6.07) is 12.8. The van der Waals surface area contributed by atoms with Gasteiger partial charge in [0.2, 0.25) is 0 Å². The number of aromatic nitrogens is 1. The van der Waals surface area contributed by atoms with Crippen molar-refractivity contribution in [2.75, 3.05) is 31.9 Å². The van der Waals surface area contributed by atoms with E-state index in [0.717, 1.165) is 50.1 Å². The molecule has 1 unspecified atom stereocenters. The lowest BCUT2D eigenvalue weighted by molar-refractivity contribution is 0.0708. The van der Waals surface area contributed by atoms with E-state index < -0.39 is 0 Å². The number of amides is 1. The second-order valence-electron chi connectivity index (χ2n) is 8.13. The molecular weight excluding hydrogens is 378 g/mol. The third-order valence-corrected chi connectivity index (χ3v) is 7.13. The van der Waals surface area contributed by atoms with Gasteiger partial charge in [0, 0.05) is 42.0 Å². The number of nitrogens with zero attached hydrogens (tertiary/aromatic N) is 3. The number of carbonyl (C=O) groups is 1. The molecule has 1 aromatic heterocycles. The van der Waals surface area contributed by atoms with Crippen LogP contribution in [0.2, 0.25) is 0 Å². The molecular formula is C24H31N3OS. The highest BCUT2D eigenvalue weighted by molar-refractivity contribution is 7.99. The molecule has 4 rings (SSSR count). The first-order valence-electron chi connectivity index (χ1n) is 10.9. The van der Waals surface area contributed by atoms with Crippen molar-refractivity contribution in [1.29, 1.82) is 0 Å². The predicted molar refractivity (Wildman–Crippen MR) is 119 cm³/mol. The van der Waals surface area contributed by atoms with Gasteiger partial charge < -0.3 is 9.80 Å². The fourth-order valence-corrected chi connectivity index (χ4v) is 5.28. The monoisotopic (exact) mass is 409 g/mol. The molecule has 2 aliphatic rings. The van der Waals surface area contributed by atoms with E-state index in [1.54, 1.807) is 0 Å². The van der Waals surface area contributed by atoms with Crippen LogP contribution in [0.15, 0.2) is 53.7 Å². The Balaban J connectivity index is 1.26. The van der Waals surface area contributed by atoms with Crippen LogP contribution in [0, 0.1) is 0 Å². The maximum atomic E-state index is 13.1. The molecule has 2 aromatic rings. The van der Waals surface area contributed by atoms with E-state index in [4.69, 9.17) is 0 Å². The van der Waals surface area contributed by atoms with Crippen LogP contribution in [0.1, 0.15) is 48.0 Å². The fourth-order valence-electron chi connectivity index (χ4n) is 4.43. The van der Waals surface area contributed by atoms with Crippen LogP contribution < -0.4 is 0 Å². The second-order valence-corrected chi connectivity index (χ2v) is 9.30. The first-order valence-corrected chi connectivity index (χ1v) is 11.9. The van der Waals surface area contributed by atoms with E-state index in [2.05, 4.69) is 39.0 Å². The zero-order valence-corrected chi connectivity index (χ0v) is 17.9. The Labute approximate surface area is 178 Å². The maximum absolute atomic E-state index is 13.1. The van der Waals surface area contributed by atoms with Gasteiger partial charge in [-0.15, -0.1) is 11.8 Å². The lowest BCUT2D eigenvalue weighted by atomic mass is 10.1. The molecule has 0 radical (unpaired) electrons. The Kier molecular flexibility index (Phi) is 7.23. The highest BCUT2D eigenvalue weighted by Gasteiger charge is 2.31. The van der Waals surface area contributed by atoms with Gasteiger partial charge in [0.25, 0.3) is 5.91 Å². The van der Waals surface area contributed by atoms with Crippen LogP contribution in [0.25, 0.3) is 0 Å². The van der Waals surface area contributed by atoms with Crippen molar-refractivity contribution in [3.8, 4) is 0 Å². The molecule has 3 heterocycles. The van der Waals surface area contributed by atoms with Gasteiger partial charge in [0.05, 0.1) is 0 Å². The molecule has 2 aliphatic heterocycles. The van der Waals surface area contributed by atoms with Gasteiger partial charge in [-0.25, -0.2) is 0 Å². The smallest absolute Gasteiger partial charge is 0.254 e. The molecule has 1 amide bonds. The molecule has 5 heteroatoms. The molecule has 0 aliphatic carbocycles. The summed E-state index contributed by atoms with van der Waals surface area (Å²) in [6.07, 6.45) is 10.8. The zero-order chi connectivity index (χ0) is 19.9. The first-order chi connectivity index (χ1) is 14.3. The number of benzene rings is 1. The second kappa shape index (κ2) is 10.3. The summed E-state index contributed by atoms with van der Waals surface area (Å²) < 4.78 is 0. The predicted octanol–water partition coefficient (Wildman–Crippen LogP) is 4.51. The van der Waals surface area contributed by atoms with Crippen molar-refractivity contribution in [3.63, 3.8) is 0 Å². The summed E-state index contributed by atoms with van der Waals surface area (Å²) in [5.74, 6) is 1.29. The van der Waals surface area contributed by atoms with E-state index in [-0.39, 0.29) is 5.91 Å². The zero-order valence-electron chi connectivity index (χ0n) is 17.1. The van der Waals surface area contributed by atoms with Gasteiger partial charge in [-0.05, 0) is 99.3 Å². The number of rotatable bonds is 8. The van der Waals surface area contributed by atoms with Gasteiger partial charge in [-0.2, -0.15) is 0 Å². The fraction of sp³-hybridized carbons (Fsp3) is 0.500. The summed E-state index contributed by atoms with van der Waals surface area (Å²) >= 11 is 1.87. The van der Waals surface area contributed by atoms with Gasteiger partial charge in [0.15, 0.2) is 0 Å². The molecule has 0 saturated carbocycles. The summed E-state index contributed by atoms with van der Waals surface area (Å²) in [5, 5.41) is 0. The minimum absolute atomic E-state index is 0.209. The number of likely N-dealkylation sites (tertiary alicyclic amines) is 2. The minimum atomic E-state index is 0.209. The largest absolute Gasteiger partial charge is 0.334 e. The lowest BCUT2D eigenvalue weighted by Gasteiger charge is -2.28. The molecule has 29 heavy (non-hydrogen) atoms. The van der Waals surface area contributed by atoms with Crippen LogP contribution >= 0.6 is 11.8 Å². The minimum Gasteiger partial charge on any atom is -0.334 e. The van der Waals surface area contributed by atoms with Crippen molar-refractivity contribution in [1.82, 2.24) is 14.8 Å². The first kappa shape index (κ1) is 20.4. The Hall–Kier alpha value is -1.85. The summed E-state index contributed by atoms with van der Waals surface area (Å²) in [6.45, 7) is 4.36. The highest BCUT2D eigenvalue weighted by atomic mass is 32.2. The SMILES string of the molecule is O=C(c1ccc(SCCCc2ccncc2)cc1)N1CCCC1CN1CCCC1. The average Bonchev–Trinajstić information content (AvgIpc) is 3.44. The van der Waals surface area contributed by atoms with E-state index in [1.807, 2.05) is 36.3 Å². The van der Waals surface area contributed by atoms with Crippen LogP contribution in [0.3, 0.4) is 0 Å². The summed E-state index contributed by atoms with van der Waals surface area (Å²) in [5.41, 5.74) is 2.18. The quantitative estimate of drug-likeness (QED) is 0.475. The van der Waals surface area contributed by atoms with Crippen LogP contribution in [0.5, 0.6) is 0 Å². The van der Waals surface area contributed by atoms with E-state index in [9.17, 15) is 4.79 Å². The molecule has 0 spiro atoms. The van der Waals surface area contributed by atoms with Crippen LogP contribution in [-0.2, 0) is 6.42 Å². The van der Waals surface area contributed by atoms with Gasteiger partial charge in [-0.1, -0.05) is 0 Å². The van der Waals surface area contributed by atoms with Gasteiger partial charge >= 0.3 is 0 Å². The highest BCUT2D eigenvalue weighted by Crippen LogP contribution is 2.24. The Bertz CT molecular complexity index is 774. The topological polar surface area (TPSA) is 36.4 Å². The third kappa shape index (κ3) is 5.61. The van der Waals surface area contributed by atoms with Crippen molar-refractivity contribution in [2.45, 2.75) is 49.5 Å². The standard InChI is InChI=1S/C24H31N3OS/c28-24(27-17-3-6-22(27)19-26-15-1-2-16-26)21-7-9-23(10-8-21)29-18-4-5-20-11-13-25-14-12-20/h7-14,22H,1-6,15-19H2. The van der Waals surface area contributed by atoms with Crippen LogP contribution in [-0.4, -0.2) is 58.7 Å². The molecule has 0 bridgehead atoms. The number of hydrogen-bond donors (Lipinski definition) is 0. The molecule has 2 fully saturated rings. The molecule has 2 saturated heterocycles. The van der Waals surface area contributed by atoms with Gasteiger partial charge in [0.1, 0.15) is 0 Å². The Morgan fingerprint density at radius 1 is 1.00 bits per heavy atom. The summed E-state index contributed by atoms with van der Waals surface area (Å²) in [7, 11) is 0. The molecule has 1 aromatic carbocycles. The number of thioether (sulfide) groups is 1. The van der Waals surface area contributed by atoms with Gasteiger partial charge in [-0.3, -0.25) is 9.78 Å². The average molecular weight is 410 g/mol. The van der Waals surface area contributed by atoms with E-state index in [0.29, 0.717) is 6.04 Å². The molecule has 154 valence electrons. The number of carbonyl (C=O) groups excluding carboxylic acids is 1. The number of hydrogen-bond acceptors (Lipinski definition) is 4. The van der Waals surface area contributed by atoms with Crippen LogP contribution in [0.4, 0.5) is 0 Å².